The van der Waals surface area contributed by atoms with E-state index in [2.05, 4.69) is 4.74 Å². The summed E-state index contributed by atoms with van der Waals surface area (Å²) in [7, 11) is 1.22. The van der Waals surface area contributed by atoms with Crippen LogP contribution in [0.4, 0.5) is 10.1 Å². The second kappa shape index (κ2) is 6.01. The molecule has 5 nitrogen and oxygen atoms in total. The van der Waals surface area contributed by atoms with E-state index in [0.717, 1.165) is 4.90 Å². The molecule has 0 aliphatic heterocycles. The van der Waals surface area contributed by atoms with Gasteiger partial charge in [0.05, 0.1) is 18.9 Å². The Kier molecular flexibility index (Phi) is 4.14. The summed E-state index contributed by atoms with van der Waals surface area (Å²) in [4.78, 5) is 24.9. The van der Waals surface area contributed by atoms with Gasteiger partial charge in [-0.15, -0.1) is 0 Å². The van der Waals surface area contributed by atoms with Crippen molar-refractivity contribution in [2.75, 3.05) is 18.6 Å². The van der Waals surface area contributed by atoms with Crippen molar-refractivity contribution in [2.24, 2.45) is 0 Å². The van der Waals surface area contributed by atoms with Gasteiger partial charge in [-0.3, -0.25) is 14.5 Å². The number of furan rings is 1. The number of anilines is 1. The van der Waals surface area contributed by atoms with E-state index in [1.54, 1.807) is 0 Å². The van der Waals surface area contributed by atoms with Crippen LogP contribution in [0, 0.1) is 5.82 Å². The minimum Gasteiger partial charge on any atom is -0.472 e. The molecule has 0 unspecified atom stereocenters. The van der Waals surface area contributed by atoms with Crippen molar-refractivity contribution < 1.29 is 23.1 Å². The Balaban J connectivity index is 2.34. The summed E-state index contributed by atoms with van der Waals surface area (Å²) < 4.78 is 22.7. The first kappa shape index (κ1) is 13.8. The van der Waals surface area contributed by atoms with E-state index < -0.39 is 17.7 Å². The van der Waals surface area contributed by atoms with Crippen LogP contribution in [0.15, 0.2) is 47.3 Å². The van der Waals surface area contributed by atoms with Crippen LogP contribution in [-0.2, 0) is 9.53 Å². The third kappa shape index (κ3) is 3.03. The minimum atomic E-state index is -0.605. The number of hydrogen-bond donors (Lipinski definition) is 0. The maximum absolute atomic E-state index is 13.3. The lowest BCUT2D eigenvalue weighted by Gasteiger charge is -2.20. The maximum atomic E-state index is 13.3. The van der Waals surface area contributed by atoms with Crippen molar-refractivity contribution in [3.8, 4) is 0 Å². The highest BCUT2D eigenvalue weighted by Gasteiger charge is 2.22. The van der Waals surface area contributed by atoms with Gasteiger partial charge in [0.1, 0.15) is 18.6 Å². The number of hydrogen-bond acceptors (Lipinski definition) is 4. The predicted molar refractivity (Wildman–Crippen MR) is 68.8 cm³/mol. The Hall–Kier alpha value is -2.63. The topological polar surface area (TPSA) is 59.8 Å². The molecule has 1 heterocycles. The van der Waals surface area contributed by atoms with Crippen molar-refractivity contribution in [1.29, 1.82) is 0 Å². The molecule has 0 saturated carbocycles. The lowest BCUT2D eigenvalue weighted by atomic mass is 10.2. The Labute approximate surface area is 114 Å². The Bertz CT molecular complexity index is 609. The van der Waals surface area contributed by atoms with E-state index >= 15 is 0 Å². The molecular weight excluding hydrogens is 265 g/mol. The number of ether oxygens (including phenoxy) is 1. The first-order valence-corrected chi connectivity index (χ1v) is 5.78. The Morgan fingerprint density at radius 3 is 2.75 bits per heavy atom. The van der Waals surface area contributed by atoms with Crippen molar-refractivity contribution in [3.63, 3.8) is 0 Å². The second-order valence-corrected chi connectivity index (χ2v) is 3.96. The molecule has 2 aromatic rings. The van der Waals surface area contributed by atoms with Crippen LogP contribution in [0.1, 0.15) is 10.4 Å². The van der Waals surface area contributed by atoms with Crippen LogP contribution < -0.4 is 4.90 Å². The highest BCUT2D eigenvalue weighted by molar-refractivity contribution is 6.08. The van der Waals surface area contributed by atoms with Gasteiger partial charge in [0.25, 0.3) is 5.91 Å². The minimum absolute atomic E-state index is 0.262. The monoisotopic (exact) mass is 277 g/mol. The zero-order chi connectivity index (χ0) is 14.5. The molecule has 20 heavy (non-hydrogen) atoms. The fourth-order valence-corrected chi connectivity index (χ4v) is 1.66. The smallest absolute Gasteiger partial charge is 0.325 e. The molecule has 0 saturated heterocycles. The summed E-state index contributed by atoms with van der Waals surface area (Å²) in [5.41, 5.74) is 0.528. The molecule has 0 aliphatic rings. The summed E-state index contributed by atoms with van der Waals surface area (Å²) in [5, 5.41) is 0. The molecule has 0 aliphatic carbocycles. The van der Waals surface area contributed by atoms with Gasteiger partial charge in [0.15, 0.2) is 0 Å². The number of rotatable bonds is 4. The van der Waals surface area contributed by atoms with Gasteiger partial charge in [-0.25, -0.2) is 4.39 Å². The van der Waals surface area contributed by atoms with E-state index in [9.17, 15) is 14.0 Å². The van der Waals surface area contributed by atoms with Gasteiger partial charge in [0, 0.05) is 5.69 Å². The Morgan fingerprint density at radius 1 is 1.35 bits per heavy atom. The van der Waals surface area contributed by atoms with Gasteiger partial charge in [-0.05, 0) is 24.3 Å². The van der Waals surface area contributed by atoms with Gasteiger partial charge < -0.3 is 9.15 Å². The van der Waals surface area contributed by atoms with E-state index in [0.29, 0.717) is 0 Å². The molecule has 2 rings (SSSR count). The van der Waals surface area contributed by atoms with Crippen LogP contribution in [0.25, 0.3) is 0 Å². The van der Waals surface area contributed by atoms with Crippen LogP contribution >= 0.6 is 0 Å². The van der Waals surface area contributed by atoms with Crippen LogP contribution in [-0.4, -0.2) is 25.5 Å². The molecule has 1 aromatic carbocycles. The average molecular weight is 277 g/mol. The SMILES string of the molecule is COC(=O)CN(C(=O)c1ccoc1)c1cccc(F)c1. The normalized spacial score (nSPS) is 10.1. The maximum Gasteiger partial charge on any atom is 0.325 e. The molecule has 1 aromatic heterocycles. The third-order valence-corrected chi connectivity index (χ3v) is 2.65. The average Bonchev–Trinajstić information content (AvgIpc) is 2.97. The van der Waals surface area contributed by atoms with Crippen LogP contribution in [0.2, 0.25) is 0 Å². The van der Waals surface area contributed by atoms with E-state index in [-0.39, 0.29) is 17.8 Å². The van der Waals surface area contributed by atoms with Gasteiger partial charge in [-0.2, -0.15) is 0 Å². The predicted octanol–water partition coefficient (Wildman–Crippen LogP) is 2.24. The van der Waals surface area contributed by atoms with Gasteiger partial charge >= 0.3 is 5.97 Å². The first-order valence-electron chi connectivity index (χ1n) is 5.78. The largest absolute Gasteiger partial charge is 0.472 e. The van der Waals surface area contributed by atoms with Crippen molar-refractivity contribution in [1.82, 2.24) is 0 Å². The highest BCUT2D eigenvalue weighted by atomic mass is 19.1. The van der Waals surface area contributed by atoms with Crippen molar-refractivity contribution >= 4 is 17.6 Å². The molecule has 104 valence electrons. The number of carbonyl (C=O) groups is 2. The fourth-order valence-electron chi connectivity index (χ4n) is 1.66. The van der Waals surface area contributed by atoms with E-state index in [1.807, 2.05) is 0 Å². The molecule has 1 amide bonds. The fraction of sp³-hybridized carbons (Fsp3) is 0.143. The molecule has 0 fully saturated rings. The molecule has 0 atom stereocenters. The highest BCUT2D eigenvalue weighted by Crippen LogP contribution is 2.18. The first-order chi connectivity index (χ1) is 9.61. The molecular formula is C14H12FNO4. The molecule has 6 heteroatoms. The number of nitrogens with zero attached hydrogens (tertiary/aromatic N) is 1. The van der Waals surface area contributed by atoms with Crippen LogP contribution in [0.5, 0.6) is 0 Å². The number of amides is 1. The number of methoxy groups -OCH3 is 1. The number of halogens is 1. The van der Waals surface area contributed by atoms with E-state index in [1.165, 1.54) is 50.0 Å². The summed E-state index contributed by atoms with van der Waals surface area (Å²) >= 11 is 0. The molecule has 0 N–H and O–H groups in total. The summed E-state index contributed by atoms with van der Waals surface area (Å²) in [6.45, 7) is -0.316. The molecule has 0 spiro atoms. The van der Waals surface area contributed by atoms with E-state index in [4.69, 9.17) is 4.42 Å². The summed E-state index contributed by atoms with van der Waals surface area (Å²) in [6.07, 6.45) is 2.60. The Morgan fingerprint density at radius 2 is 2.15 bits per heavy atom. The number of benzene rings is 1. The van der Waals surface area contributed by atoms with Gasteiger partial charge in [0.2, 0.25) is 0 Å². The van der Waals surface area contributed by atoms with Crippen molar-refractivity contribution in [3.05, 3.63) is 54.2 Å². The summed E-state index contributed by atoms with van der Waals surface area (Å²) in [5.74, 6) is -1.58. The number of esters is 1. The standard InChI is InChI=1S/C14H12FNO4/c1-19-13(17)8-16(12-4-2-3-11(15)7-12)14(18)10-5-6-20-9-10/h2-7,9H,8H2,1H3. The van der Waals surface area contributed by atoms with Crippen molar-refractivity contribution in [2.45, 2.75) is 0 Å². The lowest BCUT2D eigenvalue weighted by Crippen LogP contribution is -2.36. The second-order valence-electron chi connectivity index (χ2n) is 3.96. The zero-order valence-corrected chi connectivity index (χ0v) is 10.7. The number of carbonyl (C=O) groups excluding carboxylic acids is 2. The molecule has 0 radical (unpaired) electrons. The molecule has 0 bridgehead atoms. The third-order valence-electron chi connectivity index (χ3n) is 2.65. The summed E-state index contributed by atoms with van der Waals surface area (Å²) in [6, 6.07) is 6.87. The quantitative estimate of drug-likeness (QED) is 0.804. The zero-order valence-electron chi connectivity index (χ0n) is 10.7. The van der Waals surface area contributed by atoms with Gasteiger partial charge in [-0.1, -0.05) is 6.07 Å². The van der Waals surface area contributed by atoms with Crippen LogP contribution in [0.3, 0.4) is 0 Å². The lowest BCUT2D eigenvalue weighted by molar-refractivity contribution is -0.138.